The third-order valence-electron chi connectivity index (χ3n) is 4.29. The monoisotopic (exact) mass is 285 g/mol. The topological polar surface area (TPSA) is 39.1 Å². The van der Waals surface area contributed by atoms with Gasteiger partial charge in [0.25, 0.3) is 0 Å². The van der Waals surface area contributed by atoms with Crippen LogP contribution in [0.2, 0.25) is 0 Å². The molecule has 1 aromatic rings. The molecule has 0 heterocycles. The summed E-state index contributed by atoms with van der Waals surface area (Å²) in [7, 11) is 2.08. The van der Waals surface area contributed by atoms with Crippen molar-refractivity contribution < 1.29 is 0 Å². The highest BCUT2D eigenvalue weighted by Gasteiger charge is 2.46. The first kappa shape index (κ1) is 15.9. The molecular weight excluding hydrogens is 258 g/mol. The molecule has 3 heteroatoms. The second-order valence-corrected chi connectivity index (χ2v) is 6.53. The third-order valence-corrected chi connectivity index (χ3v) is 4.29. The Morgan fingerprint density at radius 3 is 2.38 bits per heavy atom. The summed E-state index contributed by atoms with van der Waals surface area (Å²) >= 11 is 0. The van der Waals surface area contributed by atoms with Crippen molar-refractivity contribution in [3.8, 4) is 6.07 Å². The molecule has 0 spiro atoms. The molecule has 2 rings (SSSR count). The number of hydrogen-bond acceptors (Lipinski definition) is 3. The van der Waals surface area contributed by atoms with Crippen molar-refractivity contribution in [1.82, 2.24) is 5.32 Å². The molecule has 1 aliphatic carbocycles. The smallest absolute Gasteiger partial charge is 0.127 e. The molecule has 0 aliphatic heterocycles. The summed E-state index contributed by atoms with van der Waals surface area (Å²) in [5, 5.41) is 13.3. The van der Waals surface area contributed by atoms with Gasteiger partial charge in [-0.05, 0) is 56.7 Å². The highest BCUT2D eigenvalue weighted by Crippen LogP contribution is 2.40. The van der Waals surface area contributed by atoms with Crippen molar-refractivity contribution in [2.75, 3.05) is 18.5 Å². The summed E-state index contributed by atoms with van der Waals surface area (Å²) in [6.45, 7) is 7.13. The van der Waals surface area contributed by atoms with E-state index in [1.165, 1.54) is 11.3 Å². The van der Waals surface area contributed by atoms with Gasteiger partial charge in [0, 0.05) is 25.3 Å². The number of hydrogen-bond donors (Lipinski definition) is 1. The third kappa shape index (κ3) is 3.77. The normalized spacial score (nSPS) is 17.3. The molecule has 1 unspecified atom stereocenters. The standard InChI is InChI=1S/C18H27N3/c1-5-15-6-10-17(11-7-15)21(4)13-18(12-19,16-8-9-16)20-14(2)3/h6-7,10-11,14,16,20H,5,8-9,13H2,1-4H3. The van der Waals surface area contributed by atoms with Gasteiger partial charge in [-0.2, -0.15) is 5.26 Å². The Morgan fingerprint density at radius 2 is 1.95 bits per heavy atom. The van der Waals surface area contributed by atoms with E-state index in [-0.39, 0.29) is 0 Å². The summed E-state index contributed by atoms with van der Waals surface area (Å²) < 4.78 is 0. The molecule has 21 heavy (non-hydrogen) atoms. The van der Waals surface area contributed by atoms with Crippen LogP contribution in [0.5, 0.6) is 0 Å². The fraction of sp³-hybridized carbons (Fsp3) is 0.611. The van der Waals surface area contributed by atoms with Crippen molar-refractivity contribution in [3.63, 3.8) is 0 Å². The van der Waals surface area contributed by atoms with E-state index in [0.29, 0.717) is 12.0 Å². The van der Waals surface area contributed by atoms with E-state index < -0.39 is 5.54 Å². The van der Waals surface area contributed by atoms with E-state index in [0.717, 1.165) is 25.8 Å². The van der Waals surface area contributed by atoms with E-state index in [1.54, 1.807) is 0 Å². The summed E-state index contributed by atoms with van der Waals surface area (Å²) in [6, 6.07) is 11.6. The van der Waals surface area contributed by atoms with Crippen molar-refractivity contribution in [2.24, 2.45) is 5.92 Å². The fourth-order valence-corrected chi connectivity index (χ4v) is 2.99. The van der Waals surface area contributed by atoms with Crippen molar-refractivity contribution in [3.05, 3.63) is 29.8 Å². The summed E-state index contributed by atoms with van der Waals surface area (Å²) in [4.78, 5) is 2.20. The predicted molar refractivity (Wildman–Crippen MR) is 88.4 cm³/mol. The molecule has 0 radical (unpaired) electrons. The van der Waals surface area contributed by atoms with Crippen LogP contribution in [-0.2, 0) is 6.42 Å². The molecule has 1 atom stereocenters. The van der Waals surface area contributed by atoms with Gasteiger partial charge in [0.05, 0.1) is 6.07 Å². The van der Waals surface area contributed by atoms with E-state index >= 15 is 0 Å². The molecular formula is C18H27N3. The van der Waals surface area contributed by atoms with Gasteiger partial charge in [-0.15, -0.1) is 0 Å². The summed E-state index contributed by atoms with van der Waals surface area (Å²) in [5.74, 6) is 0.488. The lowest BCUT2D eigenvalue weighted by Gasteiger charge is -2.35. The molecule has 0 aromatic heterocycles. The lowest BCUT2D eigenvalue weighted by molar-refractivity contribution is 0.339. The Bertz CT molecular complexity index is 496. The first-order chi connectivity index (χ1) is 10.0. The number of nitrogens with one attached hydrogen (secondary N) is 1. The predicted octanol–water partition coefficient (Wildman–Crippen LogP) is 3.36. The quantitative estimate of drug-likeness (QED) is 0.835. The van der Waals surface area contributed by atoms with Crippen LogP contribution in [-0.4, -0.2) is 25.2 Å². The Hall–Kier alpha value is -1.53. The average Bonchev–Trinajstić information content (AvgIpc) is 3.31. The molecule has 0 saturated heterocycles. The second kappa shape index (κ2) is 6.49. The van der Waals surface area contributed by atoms with Crippen LogP contribution < -0.4 is 10.2 Å². The van der Waals surface area contributed by atoms with E-state index in [2.05, 4.69) is 68.4 Å². The Labute approximate surface area is 129 Å². The fourth-order valence-electron chi connectivity index (χ4n) is 2.99. The minimum Gasteiger partial charge on any atom is -0.372 e. The lowest BCUT2D eigenvalue weighted by Crippen LogP contribution is -2.56. The SMILES string of the molecule is CCc1ccc(N(C)CC(C#N)(NC(C)C)C2CC2)cc1. The highest BCUT2D eigenvalue weighted by molar-refractivity contribution is 5.48. The summed E-state index contributed by atoms with van der Waals surface area (Å²) in [6.07, 6.45) is 3.38. The highest BCUT2D eigenvalue weighted by atomic mass is 15.2. The van der Waals surface area contributed by atoms with E-state index in [4.69, 9.17) is 0 Å². The van der Waals surface area contributed by atoms with Crippen LogP contribution in [0.15, 0.2) is 24.3 Å². The van der Waals surface area contributed by atoms with Crippen LogP contribution in [0.3, 0.4) is 0 Å². The Morgan fingerprint density at radius 1 is 1.33 bits per heavy atom. The number of nitrogens with zero attached hydrogens (tertiary/aromatic N) is 2. The van der Waals surface area contributed by atoms with Gasteiger partial charge in [0.15, 0.2) is 0 Å². The molecule has 1 N–H and O–H groups in total. The largest absolute Gasteiger partial charge is 0.372 e. The van der Waals surface area contributed by atoms with E-state index in [9.17, 15) is 5.26 Å². The summed E-state index contributed by atoms with van der Waals surface area (Å²) in [5.41, 5.74) is 2.10. The van der Waals surface area contributed by atoms with Crippen LogP contribution >= 0.6 is 0 Å². The zero-order valence-electron chi connectivity index (χ0n) is 13.7. The van der Waals surface area contributed by atoms with Gasteiger partial charge in [-0.25, -0.2) is 0 Å². The van der Waals surface area contributed by atoms with Crippen LogP contribution in [0.25, 0.3) is 0 Å². The van der Waals surface area contributed by atoms with Crippen LogP contribution in [0.1, 0.15) is 39.2 Å². The first-order valence-corrected chi connectivity index (χ1v) is 7.99. The Balaban J connectivity index is 2.13. The average molecular weight is 285 g/mol. The van der Waals surface area contributed by atoms with Gasteiger partial charge >= 0.3 is 0 Å². The number of anilines is 1. The lowest BCUT2D eigenvalue weighted by atomic mass is 9.93. The van der Waals surface area contributed by atoms with Gasteiger partial charge in [0.2, 0.25) is 0 Å². The molecule has 1 fully saturated rings. The second-order valence-electron chi connectivity index (χ2n) is 6.53. The maximum Gasteiger partial charge on any atom is 0.127 e. The number of benzene rings is 1. The zero-order valence-corrected chi connectivity index (χ0v) is 13.7. The minimum atomic E-state index is -0.424. The van der Waals surface area contributed by atoms with Gasteiger partial charge in [0.1, 0.15) is 5.54 Å². The molecule has 1 aliphatic rings. The van der Waals surface area contributed by atoms with E-state index in [1.807, 2.05) is 0 Å². The molecule has 1 aromatic carbocycles. The Kier molecular flexibility index (Phi) is 4.90. The van der Waals surface area contributed by atoms with Gasteiger partial charge in [-0.1, -0.05) is 19.1 Å². The van der Waals surface area contributed by atoms with Crippen LogP contribution in [0, 0.1) is 17.2 Å². The molecule has 1 saturated carbocycles. The first-order valence-electron chi connectivity index (χ1n) is 7.99. The number of rotatable bonds is 7. The molecule has 0 amide bonds. The van der Waals surface area contributed by atoms with Gasteiger partial charge in [-0.3, -0.25) is 5.32 Å². The number of nitriles is 1. The zero-order chi connectivity index (χ0) is 15.5. The minimum absolute atomic E-state index is 0.320. The molecule has 114 valence electrons. The maximum atomic E-state index is 9.77. The molecule has 3 nitrogen and oxygen atoms in total. The number of aryl methyl sites for hydroxylation is 1. The van der Waals surface area contributed by atoms with Crippen molar-refractivity contribution in [2.45, 2.75) is 51.6 Å². The maximum absolute atomic E-state index is 9.77. The number of likely N-dealkylation sites (N-methyl/N-ethyl adjacent to an activating group) is 1. The van der Waals surface area contributed by atoms with Gasteiger partial charge < -0.3 is 4.90 Å². The molecule has 0 bridgehead atoms. The van der Waals surface area contributed by atoms with Crippen molar-refractivity contribution >= 4 is 5.69 Å². The van der Waals surface area contributed by atoms with Crippen molar-refractivity contribution in [1.29, 1.82) is 5.26 Å². The van der Waals surface area contributed by atoms with Crippen LogP contribution in [0.4, 0.5) is 5.69 Å².